The molecule has 0 unspecified atom stereocenters. The molecular formula is C16H13FN2. The van der Waals surface area contributed by atoms with Gasteiger partial charge in [0, 0.05) is 23.5 Å². The Hall–Kier alpha value is -2.42. The molecule has 19 heavy (non-hydrogen) atoms. The molecule has 0 atom stereocenters. The predicted molar refractivity (Wildman–Crippen MR) is 74.2 cm³/mol. The number of nitrogens with zero attached hydrogens (tertiary/aromatic N) is 1. The average molecular weight is 252 g/mol. The summed E-state index contributed by atoms with van der Waals surface area (Å²) in [5.41, 5.74) is 3.47. The molecule has 1 N–H and O–H groups in total. The number of hydrogen-bond donors (Lipinski definition) is 1. The molecule has 1 heterocycles. The van der Waals surface area contributed by atoms with Gasteiger partial charge in [-0.05, 0) is 24.6 Å². The number of rotatable bonds is 2. The van der Waals surface area contributed by atoms with Crippen LogP contribution >= 0.6 is 0 Å². The molecule has 2 aromatic carbocycles. The van der Waals surface area contributed by atoms with Gasteiger partial charge >= 0.3 is 0 Å². The van der Waals surface area contributed by atoms with Gasteiger partial charge in [-0.1, -0.05) is 35.9 Å². The van der Waals surface area contributed by atoms with Crippen molar-refractivity contribution in [2.24, 2.45) is 0 Å². The highest BCUT2D eigenvalue weighted by atomic mass is 19.1. The van der Waals surface area contributed by atoms with E-state index < -0.39 is 0 Å². The summed E-state index contributed by atoms with van der Waals surface area (Å²) in [6.45, 7) is 2.01. The van der Waals surface area contributed by atoms with Crippen molar-refractivity contribution in [1.29, 1.82) is 0 Å². The molecule has 0 aliphatic rings. The van der Waals surface area contributed by atoms with Gasteiger partial charge in [0.2, 0.25) is 0 Å². The summed E-state index contributed by atoms with van der Waals surface area (Å²) < 4.78 is 14.0. The summed E-state index contributed by atoms with van der Waals surface area (Å²) in [5, 5.41) is 0. The van der Waals surface area contributed by atoms with Crippen molar-refractivity contribution in [2.75, 3.05) is 0 Å². The van der Waals surface area contributed by atoms with Crippen molar-refractivity contribution in [3.63, 3.8) is 0 Å². The van der Waals surface area contributed by atoms with Gasteiger partial charge in [-0.3, -0.25) is 0 Å². The molecule has 0 amide bonds. The Kier molecular flexibility index (Phi) is 2.88. The summed E-state index contributed by atoms with van der Waals surface area (Å²) in [6.07, 6.45) is 3.46. The minimum Gasteiger partial charge on any atom is -0.345 e. The minimum atomic E-state index is -0.223. The van der Waals surface area contributed by atoms with E-state index in [9.17, 15) is 4.39 Å². The fourth-order valence-corrected chi connectivity index (χ4v) is 2.18. The maximum absolute atomic E-state index is 14.0. The number of aryl methyl sites for hydroxylation is 1. The zero-order valence-corrected chi connectivity index (χ0v) is 10.5. The monoisotopic (exact) mass is 252 g/mol. The first-order valence-corrected chi connectivity index (χ1v) is 6.11. The Labute approximate surface area is 111 Å². The van der Waals surface area contributed by atoms with Crippen LogP contribution in [0.5, 0.6) is 0 Å². The van der Waals surface area contributed by atoms with Crippen LogP contribution in [0.15, 0.2) is 54.9 Å². The molecule has 0 fully saturated rings. The van der Waals surface area contributed by atoms with Crippen LogP contribution in [0.1, 0.15) is 5.56 Å². The van der Waals surface area contributed by atoms with Crippen LogP contribution in [0.25, 0.3) is 22.5 Å². The van der Waals surface area contributed by atoms with E-state index in [1.807, 2.05) is 31.2 Å². The second-order valence-corrected chi connectivity index (χ2v) is 4.47. The van der Waals surface area contributed by atoms with E-state index in [0.717, 1.165) is 22.5 Å². The Morgan fingerprint density at radius 1 is 1.00 bits per heavy atom. The quantitative estimate of drug-likeness (QED) is 0.727. The molecular weight excluding hydrogens is 239 g/mol. The van der Waals surface area contributed by atoms with Gasteiger partial charge in [0.25, 0.3) is 0 Å². The van der Waals surface area contributed by atoms with E-state index in [1.54, 1.807) is 24.5 Å². The summed E-state index contributed by atoms with van der Waals surface area (Å²) in [6, 6.07) is 12.7. The van der Waals surface area contributed by atoms with Crippen LogP contribution < -0.4 is 0 Å². The maximum Gasteiger partial charge on any atom is 0.137 e. The number of H-pyrrole nitrogens is 1. The first-order chi connectivity index (χ1) is 9.25. The Morgan fingerprint density at radius 2 is 1.84 bits per heavy atom. The number of nitrogens with one attached hydrogen (secondary N) is 1. The van der Waals surface area contributed by atoms with E-state index in [-0.39, 0.29) is 5.82 Å². The van der Waals surface area contributed by atoms with Gasteiger partial charge in [-0.15, -0.1) is 0 Å². The number of aromatic nitrogens is 2. The predicted octanol–water partition coefficient (Wildman–Crippen LogP) is 4.19. The first-order valence-electron chi connectivity index (χ1n) is 6.11. The molecule has 3 rings (SSSR count). The number of halogens is 1. The van der Waals surface area contributed by atoms with E-state index in [0.29, 0.717) is 5.56 Å². The van der Waals surface area contributed by atoms with Crippen molar-refractivity contribution < 1.29 is 4.39 Å². The molecule has 1 aromatic heterocycles. The summed E-state index contributed by atoms with van der Waals surface area (Å²) in [4.78, 5) is 7.34. The Bertz CT molecular complexity index is 703. The van der Waals surface area contributed by atoms with Crippen LogP contribution in [0.3, 0.4) is 0 Å². The van der Waals surface area contributed by atoms with E-state index in [2.05, 4.69) is 9.97 Å². The number of hydrogen-bond acceptors (Lipinski definition) is 1. The van der Waals surface area contributed by atoms with E-state index in [1.165, 1.54) is 6.07 Å². The summed E-state index contributed by atoms with van der Waals surface area (Å²) in [7, 11) is 0. The highest BCUT2D eigenvalue weighted by Crippen LogP contribution is 2.32. The molecule has 3 heteroatoms. The molecule has 0 aliphatic heterocycles. The third-order valence-electron chi connectivity index (χ3n) is 3.09. The second kappa shape index (κ2) is 4.69. The van der Waals surface area contributed by atoms with Gasteiger partial charge in [0.1, 0.15) is 11.6 Å². The van der Waals surface area contributed by atoms with Crippen molar-refractivity contribution in [3.05, 3.63) is 66.2 Å². The number of aromatic amines is 1. The second-order valence-electron chi connectivity index (χ2n) is 4.47. The number of imidazole rings is 1. The summed E-state index contributed by atoms with van der Waals surface area (Å²) in [5.74, 6) is 0.529. The molecule has 0 radical (unpaired) electrons. The lowest BCUT2D eigenvalue weighted by Crippen LogP contribution is -1.90. The molecule has 2 nitrogen and oxygen atoms in total. The van der Waals surface area contributed by atoms with Gasteiger partial charge in [0.15, 0.2) is 0 Å². The van der Waals surface area contributed by atoms with Crippen molar-refractivity contribution in [3.8, 4) is 22.5 Å². The molecule has 0 aliphatic carbocycles. The zero-order valence-electron chi connectivity index (χ0n) is 10.5. The Balaban J connectivity index is 2.25. The van der Waals surface area contributed by atoms with Crippen LogP contribution in [-0.4, -0.2) is 9.97 Å². The molecule has 3 aromatic rings. The fraction of sp³-hybridized carbons (Fsp3) is 0.0625. The molecule has 0 saturated carbocycles. The van der Waals surface area contributed by atoms with Crippen molar-refractivity contribution in [2.45, 2.75) is 6.92 Å². The lowest BCUT2D eigenvalue weighted by Gasteiger charge is -2.10. The third-order valence-corrected chi connectivity index (χ3v) is 3.09. The van der Waals surface area contributed by atoms with Gasteiger partial charge < -0.3 is 4.98 Å². The molecule has 0 spiro atoms. The minimum absolute atomic E-state index is 0.223. The van der Waals surface area contributed by atoms with E-state index in [4.69, 9.17) is 0 Å². The van der Waals surface area contributed by atoms with Crippen LogP contribution in [-0.2, 0) is 0 Å². The SMILES string of the molecule is Cc1ccc(-c2ccccc2F)c(-c2ncc[nH]2)c1. The lowest BCUT2D eigenvalue weighted by molar-refractivity contribution is 0.631. The van der Waals surface area contributed by atoms with Crippen molar-refractivity contribution in [1.82, 2.24) is 9.97 Å². The average Bonchev–Trinajstić information content (AvgIpc) is 2.93. The smallest absolute Gasteiger partial charge is 0.137 e. The van der Waals surface area contributed by atoms with Gasteiger partial charge in [-0.2, -0.15) is 0 Å². The van der Waals surface area contributed by atoms with Gasteiger partial charge in [0.05, 0.1) is 0 Å². The normalized spacial score (nSPS) is 10.6. The lowest BCUT2D eigenvalue weighted by atomic mass is 9.97. The topological polar surface area (TPSA) is 28.7 Å². The largest absolute Gasteiger partial charge is 0.345 e. The van der Waals surface area contributed by atoms with Crippen molar-refractivity contribution >= 4 is 0 Å². The molecule has 94 valence electrons. The third kappa shape index (κ3) is 2.15. The highest BCUT2D eigenvalue weighted by Gasteiger charge is 2.12. The van der Waals surface area contributed by atoms with Crippen LogP contribution in [0.2, 0.25) is 0 Å². The standard InChI is InChI=1S/C16H13FN2/c1-11-6-7-12(13-4-2-3-5-15(13)17)14(10-11)16-18-8-9-19-16/h2-10H,1H3,(H,18,19). The maximum atomic E-state index is 14.0. The Morgan fingerprint density at radius 3 is 2.58 bits per heavy atom. The highest BCUT2D eigenvalue weighted by molar-refractivity contribution is 5.81. The van der Waals surface area contributed by atoms with E-state index >= 15 is 0 Å². The van der Waals surface area contributed by atoms with Crippen LogP contribution in [0.4, 0.5) is 4.39 Å². The first kappa shape index (κ1) is 11.7. The van der Waals surface area contributed by atoms with Crippen LogP contribution in [0, 0.1) is 12.7 Å². The van der Waals surface area contributed by atoms with Gasteiger partial charge in [-0.25, -0.2) is 9.37 Å². The molecule has 0 bridgehead atoms. The molecule has 0 saturated heterocycles. The fourth-order valence-electron chi connectivity index (χ4n) is 2.18. The number of benzene rings is 2. The zero-order chi connectivity index (χ0) is 13.2. The summed E-state index contributed by atoms with van der Waals surface area (Å²) >= 11 is 0.